The molecule has 29 heavy (non-hydrogen) atoms. The quantitative estimate of drug-likeness (QED) is 0.599. The average molecular weight is 386 g/mol. The number of aliphatic hydroxyl groups excluding tert-OH is 1. The van der Waals surface area contributed by atoms with Gasteiger partial charge in [-0.25, -0.2) is 0 Å². The Balaban J connectivity index is 1.74. The van der Waals surface area contributed by atoms with Gasteiger partial charge in [-0.1, -0.05) is 79.7 Å². The van der Waals surface area contributed by atoms with Crippen LogP contribution in [0, 0.1) is 0 Å². The molecule has 0 spiro atoms. The lowest BCUT2D eigenvalue weighted by Crippen LogP contribution is -2.02. The van der Waals surface area contributed by atoms with Gasteiger partial charge in [0.05, 0.1) is 19.8 Å². The van der Waals surface area contributed by atoms with Crippen LogP contribution in [0.15, 0.2) is 84.4 Å². The van der Waals surface area contributed by atoms with E-state index < -0.39 is 0 Å². The number of hydrogen-bond donors (Lipinski definition) is 1. The van der Waals surface area contributed by atoms with Crippen LogP contribution in [0.3, 0.4) is 0 Å². The number of rotatable bonds is 6. The van der Waals surface area contributed by atoms with Crippen molar-refractivity contribution < 1.29 is 14.6 Å². The van der Waals surface area contributed by atoms with E-state index >= 15 is 0 Å². The second kappa shape index (κ2) is 9.19. The lowest BCUT2D eigenvalue weighted by molar-refractivity contribution is -0.0441. The van der Waals surface area contributed by atoms with E-state index in [-0.39, 0.29) is 12.9 Å². The van der Waals surface area contributed by atoms with E-state index in [0.29, 0.717) is 13.2 Å². The van der Waals surface area contributed by atoms with Gasteiger partial charge in [-0.2, -0.15) is 0 Å². The number of ether oxygens (including phenoxy) is 2. The summed E-state index contributed by atoms with van der Waals surface area (Å²) in [6.45, 7) is 3.36. The molecule has 3 nitrogen and oxygen atoms in total. The number of hydrogen-bond acceptors (Lipinski definition) is 3. The summed E-state index contributed by atoms with van der Waals surface area (Å²) in [7, 11) is 0. The summed E-state index contributed by atoms with van der Waals surface area (Å²) >= 11 is 0. The zero-order valence-electron chi connectivity index (χ0n) is 16.7. The largest absolute Gasteiger partial charge is 0.392 e. The molecule has 0 radical (unpaired) electrons. The maximum absolute atomic E-state index is 10.0. The molecule has 0 atom stereocenters. The molecule has 3 heteroatoms. The van der Waals surface area contributed by atoms with Crippen LogP contribution in [-0.2, 0) is 9.47 Å². The molecular weight excluding hydrogens is 360 g/mol. The summed E-state index contributed by atoms with van der Waals surface area (Å²) in [5, 5.41) is 10.0. The third kappa shape index (κ3) is 4.33. The van der Waals surface area contributed by atoms with Gasteiger partial charge in [-0.3, -0.25) is 0 Å². The zero-order valence-corrected chi connectivity index (χ0v) is 16.7. The first-order valence-electron chi connectivity index (χ1n) is 10.1. The van der Waals surface area contributed by atoms with Crippen molar-refractivity contribution in [2.45, 2.75) is 19.6 Å². The normalized spacial score (nSPS) is 15.4. The van der Waals surface area contributed by atoms with Gasteiger partial charge in [0.1, 0.15) is 0 Å². The van der Waals surface area contributed by atoms with Crippen LogP contribution in [0.2, 0.25) is 0 Å². The van der Waals surface area contributed by atoms with Crippen molar-refractivity contribution in [1.82, 2.24) is 0 Å². The van der Waals surface area contributed by atoms with Crippen molar-refractivity contribution >= 4 is 5.57 Å². The Labute approximate surface area is 172 Å². The molecule has 0 aliphatic carbocycles. The van der Waals surface area contributed by atoms with E-state index in [1.165, 1.54) is 11.1 Å². The minimum absolute atomic E-state index is 0.0346. The molecule has 0 unspecified atom stereocenters. The predicted octanol–water partition coefficient (Wildman–Crippen LogP) is 5.60. The van der Waals surface area contributed by atoms with Crippen LogP contribution < -0.4 is 0 Å². The van der Waals surface area contributed by atoms with Gasteiger partial charge >= 0.3 is 0 Å². The van der Waals surface area contributed by atoms with Gasteiger partial charge in [-0.15, -0.1) is 0 Å². The first kappa shape index (κ1) is 19.6. The van der Waals surface area contributed by atoms with Crippen molar-refractivity contribution in [3.63, 3.8) is 0 Å². The van der Waals surface area contributed by atoms with E-state index in [2.05, 4.69) is 55.5 Å². The molecule has 0 amide bonds. The summed E-state index contributed by atoms with van der Waals surface area (Å²) in [6.07, 6.45) is 0.475. The summed E-state index contributed by atoms with van der Waals surface area (Å²) in [6, 6.07) is 27.2. The molecule has 3 aromatic rings. The van der Waals surface area contributed by atoms with Gasteiger partial charge in [0.25, 0.3) is 0 Å². The maximum atomic E-state index is 10.0. The van der Waals surface area contributed by atoms with E-state index in [4.69, 9.17) is 9.47 Å². The van der Waals surface area contributed by atoms with E-state index in [9.17, 15) is 5.11 Å². The molecule has 1 N–H and O–H groups in total. The summed E-state index contributed by atoms with van der Waals surface area (Å²) < 4.78 is 11.3. The molecule has 148 valence electrons. The highest BCUT2D eigenvalue weighted by molar-refractivity contribution is 5.83. The van der Waals surface area contributed by atoms with Gasteiger partial charge in [0, 0.05) is 5.56 Å². The third-order valence-corrected chi connectivity index (χ3v) is 5.32. The van der Waals surface area contributed by atoms with Crippen LogP contribution in [0.4, 0.5) is 0 Å². The van der Waals surface area contributed by atoms with E-state index in [1.54, 1.807) is 0 Å². The Hall–Kier alpha value is -2.72. The fourth-order valence-corrected chi connectivity index (χ4v) is 3.79. The molecule has 4 rings (SSSR count). The Morgan fingerprint density at radius 3 is 2.17 bits per heavy atom. The zero-order chi connectivity index (χ0) is 20.1. The third-order valence-electron chi connectivity index (χ3n) is 5.32. The highest BCUT2D eigenvalue weighted by atomic mass is 16.7. The number of aliphatic hydroxyl groups is 1. The van der Waals surface area contributed by atoms with Crippen LogP contribution in [0.1, 0.15) is 36.3 Å². The van der Waals surface area contributed by atoms with Crippen LogP contribution in [0.25, 0.3) is 16.7 Å². The predicted molar refractivity (Wildman–Crippen MR) is 116 cm³/mol. The van der Waals surface area contributed by atoms with Crippen LogP contribution in [0.5, 0.6) is 0 Å². The average Bonchev–Trinajstić information content (AvgIpc) is 3.33. The Kier molecular flexibility index (Phi) is 6.20. The van der Waals surface area contributed by atoms with Crippen molar-refractivity contribution in [1.29, 1.82) is 0 Å². The SMILES string of the molecule is CC/C(CO)=C(/c1ccc(-c2ccccc2)cc1)c1cccc(C2OCCO2)c1. The fourth-order valence-electron chi connectivity index (χ4n) is 3.79. The van der Waals surface area contributed by atoms with Crippen LogP contribution >= 0.6 is 0 Å². The van der Waals surface area contributed by atoms with Gasteiger partial charge in [-0.05, 0) is 45.9 Å². The first-order chi connectivity index (χ1) is 14.3. The van der Waals surface area contributed by atoms with Gasteiger partial charge < -0.3 is 14.6 Å². The van der Waals surface area contributed by atoms with Gasteiger partial charge in [0.2, 0.25) is 0 Å². The topological polar surface area (TPSA) is 38.7 Å². The second-order valence-electron chi connectivity index (χ2n) is 7.13. The molecule has 1 aliphatic rings. The molecule has 3 aromatic carbocycles. The molecule has 0 bridgehead atoms. The molecule has 0 aromatic heterocycles. The summed E-state index contributed by atoms with van der Waals surface area (Å²) in [5.74, 6) is 0. The van der Waals surface area contributed by atoms with Gasteiger partial charge in [0.15, 0.2) is 6.29 Å². The molecule has 0 saturated carbocycles. The molecule has 1 saturated heterocycles. The minimum Gasteiger partial charge on any atom is -0.392 e. The first-order valence-corrected chi connectivity index (χ1v) is 10.1. The fraction of sp³-hybridized carbons (Fsp3) is 0.231. The van der Waals surface area contributed by atoms with Crippen molar-refractivity contribution in [3.05, 3.63) is 101 Å². The molecule has 1 aliphatic heterocycles. The maximum Gasteiger partial charge on any atom is 0.184 e. The highest BCUT2D eigenvalue weighted by Gasteiger charge is 2.19. The monoisotopic (exact) mass is 386 g/mol. The van der Waals surface area contributed by atoms with Crippen molar-refractivity contribution in [3.8, 4) is 11.1 Å². The summed E-state index contributed by atoms with van der Waals surface area (Å²) in [5.41, 5.74) is 7.64. The molecule has 1 heterocycles. The molecule has 1 fully saturated rings. The minimum atomic E-state index is -0.309. The Morgan fingerprint density at radius 2 is 1.52 bits per heavy atom. The van der Waals surface area contributed by atoms with Crippen LogP contribution in [-0.4, -0.2) is 24.9 Å². The Bertz CT molecular complexity index is 962. The summed E-state index contributed by atoms with van der Waals surface area (Å²) in [4.78, 5) is 0. The number of benzene rings is 3. The second-order valence-corrected chi connectivity index (χ2v) is 7.13. The van der Waals surface area contributed by atoms with Crippen molar-refractivity contribution in [2.75, 3.05) is 19.8 Å². The highest BCUT2D eigenvalue weighted by Crippen LogP contribution is 2.33. The van der Waals surface area contributed by atoms with Crippen molar-refractivity contribution in [2.24, 2.45) is 0 Å². The van der Waals surface area contributed by atoms with E-state index in [0.717, 1.165) is 34.3 Å². The lowest BCUT2D eigenvalue weighted by Gasteiger charge is -2.17. The smallest absolute Gasteiger partial charge is 0.184 e. The van der Waals surface area contributed by atoms with E-state index in [1.807, 2.05) is 30.3 Å². The standard InChI is InChI=1S/C26H26O3/c1-2-19(18-27)25(23-9-6-10-24(17-23)26-28-15-16-29-26)22-13-11-21(12-14-22)20-7-4-3-5-8-20/h3-14,17,26-27H,2,15-16,18H2,1H3/b25-19+. The lowest BCUT2D eigenvalue weighted by atomic mass is 9.90. The Morgan fingerprint density at radius 1 is 0.828 bits per heavy atom. The molecular formula is C26H26O3.